The third-order valence-electron chi connectivity index (χ3n) is 5.05. The Balaban J connectivity index is 1.51. The minimum absolute atomic E-state index is 0.119. The van der Waals surface area contributed by atoms with Gasteiger partial charge in [0.05, 0.1) is 6.04 Å². The first-order valence-electron chi connectivity index (χ1n) is 8.84. The highest BCUT2D eigenvalue weighted by Gasteiger charge is 2.37. The maximum atomic E-state index is 13.0. The lowest BCUT2D eigenvalue weighted by Crippen LogP contribution is -2.52. The Morgan fingerprint density at radius 3 is 2.62 bits per heavy atom. The number of hydrogen-bond acceptors (Lipinski definition) is 3. The van der Waals surface area contributed by atoms with Crippen LogP contribution in [0.4, 0.5) is 5.82 Å². The summed E-state index contributed by atoms with van der Waals surface area (Å²) in [5.74, 6) is 1.57. The fourth-order valence-electron chi connectivity index (χ4n) is 3.62. The van der Waals surface area contributed by atoms with Gasteiger partial charge in [0.2, 0.25) is 5.91 Å². The summed E-state index contributed by atoms with van der Waals surface area (Å²) in [4.78, 5) is 14.8. The summed E-state index contributed by atoms with van der Waals surface area (Å²) in [6, 6.07) is 12.6. The van der Waals surface area contributed by atoms with Gasteiger partial charge in [0.1, 0.15) is 0 Å². The molecule has 1 amide bonds. The monoisotopic (exact) mass is 324 g/mol. The molecule has 2 heterocycles. The molecule has 1 aliphatic carbocycles. The molecule has 1 N–H and O–H groups in total. The van der Waals surface area contributed by atoms with E-state index in [4.69, 9.17) is 0 Å². The molecule has 2 aliphatic rings. The first-order chi connectivity index (χ1) is 11.7. The molecule has 1 aliphatic heterocycles. The molecule has 0 spiro atoms. The zero-order valence-electron chi connectivity index (χ0n) is 14.1. The SMILES string of the molecule is Cn1ccc(N2CCC[C@H](N[C@H](c3ccccc3)C3CC3)C2=O)n1. The molecule has 5 heteroatoms. The van der Waals surface area contributed by atoms with Crippen molar-refractivity contribution >= 4 is 11.7 Å². The van der Waals surface area contributed by atoms with Crippen molar-refractivity contribution in [3.05, 3.63) is 48.2 Å². The van der Waals surface area contributed by atoms with E-state index in [0.717, 1.165) is 25.2 Å². The van der Waals surface area contributed by atoms with Gasteiger partial charge in [0.15, 0.2) is 5.82 Å². The van der Waals surface area contributed by atoms with Gasteiger partial charge in [-0.2, -0.15) is 5.10 Å². The molecule has 1 aromatic heterocycles. The second-order valence-electron chi connectivity index (χ2n) is 6.92. The van der Waals surface area contributed by atoms with Crippen molar-refractivity contribution in [2.75, 3.05) is 11.4 Å². The highest BCUT2D eigenvalue weighted by molar-refractivity contribution is 5.97. The van der Waals surface area contributed by atoms with E-state index in [9.17, 15) is 4.79 Å². The van der Waals surface area contributed by atoms with Gasteiger partial charge in [0, 0.05) is 31.9 Å². The van der Waals surface area contributed by atoms with E-state index in [2.05, 4.69) is 34.7 Å². The van der Waals surface area contributed by atoms with Crippen LogP contribution in [0.25, 0.3) is 0 Å². The number of amides is 1. The number of nitrogens with zero attached hydrogens (tertiary/aromatic N) is 3. The van der Waals surface area contributed by atoms with Gasteiger partial charge in [-0.05, 0) is 37.2 Å². The summed E-state index contributed by atoms with van der Waals surface area (Å²) in [6.45, 7) is 0.757. The van der Waals surface area contributed by atoms with E-state index < -0.39 is 0 Å². The number of carbonyl (C=O) groups is 1. The summed E-state index contributed by atoms with van der Waals surface area (Å²) >= 11 is 0. The lowest BCUT2D eigenvalue weighted by Gasteiger charge is -2.34. The second kappa shape index (κ2) is 6.40. The van der Waals surface area contributed by atoms with Crippen molar-refractivity contribution < 1.29 is 4.79 Å². The minimum Gasteiger partial charge on any atom is -0.299 e. The molecule has 0 unspecified atom stereocenters. The van der Waals surface area contributed by atoms with Crippen LogP contribution in [0.1, 0.15) is 37.3 Å². The number of benzene rings is 1. The van der Waals surface area contributed by atoms with Crippen LogP contribution in [0.2, 0.25) is 0 Å². The van der Waals surface area contributed by atoms with Crippen LogP contribution in [-0.4, -0.2) is 28.3 Å². The van der Waals surface area contributed by atoms with Gasteiger partial charge in [-0.1, -0.05) is 30.3 Å². The van der Waals surface area contributed by atoms with Gasteiger partial charge in [0.25, 0.3) is 0 Å². The molecule has 24 heavy (non-hydrogen) atoms. The molecule has 0 bridgehead atoms. The van der Waals surface area contributed by atoms with Crippen LogP contribution in [0.3, 0.4) is 0 Å². The van der Waals surface area contributed by atoms with Gasteiger partial charge < -0.3 is 0 Å². The number of hydrogen-bond donors (Lipinski definition) is 1. The van der Waals surface area contributed by atoms with Crippen LogP contribution < -0.4 is 10.2 Å². The van der Waals surface area contributed by atoms with E-state index in [1.54, 1.807) is 4.68 Å². The van der Waals surface area contributed by atoms with Gasteiger partial charge >= 0.3 is 0 Å². The van der Waals surface area contributed by atoms with Gasteiger partial charge in [-0.15, -0.1) is 0 Å². The predicted molar refractivity (Wildman–Crippen MR) is 93.6 cm³/mol. The third-order valence-corrected chi connectivity index (χ3v) is 5.05. The van der Waals surface area contributed by atoms with Crippen LogP contribution in [0.15, 0.2) is 42.6 Å². The van der Waals surface area contributed by atoms with Crippen LogP contribution in [0, 0.1) is 5.92 Å². The van der Waals surface area contributed by atoms with Crippen molar-refractivity contribution in [1.82, 2.24) is 15.1 Å². The molecule has 126 valence electrons. The Morgan fingerprint density at radius 2 is 1.96 bits per heavy atom. The zero-order chi connectivity index (χ0) is 16.5. The van der Waals surface area contributed by atoms with Crippen LogP contribution >= 0.6 is 0 Å². The number of carbonyl (C=O) groups excluding carboxylic acids is 1. The predicted octanol–water partition coefficient (Wildman–Crippen LogP) is 2.66. The first kappa shape index (κ1) is 15.4. The topological polar surface area (TPSA) is 50.2 Å². The number of aromatic nitrogens is 2. The molecule has 1 saturated carbocycles. The molecule has 2 aromatic rings. The van der Waals surface area contributed by atoms with E-state index in [-0.39, 0.29) is 18.0 Å². The summed E-state index contributed by atoms with van der Waals surface area (Å²) in [6.07, 6.45) is 6.29. The molecular formula is C19H24N4O. The molecule has 2 fully saturated rings. The van der Waals surface area contributed by atoms with E-state index >= 15 is 0 Å². The summed E-state index contributed by atoms with van der Waals surface area (Å²) in [5, 5.41) is 8.06. The zero-order valence-corrected chi connectivity index (χ0v) is 14.1. The fraction of sp³-hybridized carbons (Fsp3) is 0.474. The Hall–Kier alpha value is -2.14. The molecule has 1 aromatic carbocycles. The number of anilines is 1. The average molecular weight is 324 g/mol. The highest BCUT2D eigenvalue weighted by Crippen LogP contribution is 2.41. The first-order valence-corrected chi connectivity index (χ1v) is 8.84. The maximum absolute atomic E-state index is 13.0. The Labute approximate surface area is 142 Å². The molecule has 0 radical (unpaired) electrons. The van der Waals surface area contributed by atoms with Gasteiger partial charge in [-0.25, -0.2) is 0 Å². The Kier molecular flexibility index (Phi) is 4.10. The molecule has 2 atom stereocenters. The molecule has 1 saturated heterocycles. The van der Waals surface area contributed by atoms with Crippen molar-refractivity contribution in [3.63, 3.8) is 0 Å². The minimum atomic E-state index is -0.119. The number of nitrogens with one attached hydrogen (secondary N) is 1. The summed E-state index contributed by atoms with van der Waals surface area (Å²) < 4.78 is 1.75. The maximum Gasteiger partial charge on any atom is 0.245 e. The Bertz CT molecular complexity index is 707. The van der Waals surface area contributed by atoms with Crippen molar-refractivity contribution in [1.29, 1.82) is 0 Å². The highest BCUT2D eigenvalue weighted by atomic mass is 16.2. The molecule has 4 rings (SSSR count). The van der Waals surface area contributed by atoms with Crippen molar-refractivity contribution in [2.45, 2.75) is 37.8 Å². The van der Waals surface area contributed by atoms with Gasteiger partial charge in [-0.3, -0.25) is 19.7 Å². The summed E-state index contributed by atoms with van der Waals surface area (Å²) in [7, 11) is 1.88. The number of rotatable bonds is 5. The lowest BCUT2D eigenvalue weighted by molar-refractivity contribution is -0.122. The number of piperidine rings is 1. The fourth-order valence-corrected chi connectivity index (χ4v) is 3.62. The number of aryl methyl sites for hydroxylation is 1. The van der Waals surface area contributed by atoms with Crippen LogP contribution in [-0.2, 0) is 11.8 Å². The third kappa shape index (κ3) is 3.08. The second-order valence-corrected chi connectivity index (χ2v) is 6.92. The Morgan fingerprint density at radius 1 is 1.17 bits per heavy atom. The van der Waals surface area contributed by atoms with Crippen molar-refractivity contribution in [3.8, 4) is 0 Å². The van der Waals surface area contributed by atoms with E-state index in [1.807, 2.05) is 30.3 Å². The smallest absolute Gasteiger partial charge is 0.245 e. The van der Waals surface area contributed by atoms with Crippen LogP contribution in [0.5, 0.6) is 0 Å². The van der Waals surface area contributed by atoms with E-state index in [1.165, 1.54) is 18.4 Å². The molecule has 5 nitrogen and oxygen atoms in total. The normalized spacial score (nSPS) is 22.6. The van der Waals surface area contributed by atoms with E-state index in [0.29, 0.717) is 5.92 Å². The lowest BCUT2D eigenvalue weighted by atomic mass is 9.98. The quantitative estimate of drug-likeness (QED) is 0.920. The standard InChI is InChI=1S/C19H24N4O/c1-22-13-11-17(21-22)23-12-5-8-16(19(23)24)20-18(15-9-10-15)14-6-3-2-4-7-14/h2-4,6-7,11,13,15-16,18,20H,5,8-10,12H2,1H3/t16-,18+/m0/s1. The average Bonchev–Trinajstić information content (AvgIpc) is 3.35. The summed E-state index contributed by atoms with van der Waals surface area (Å²) in [5.41, 5.74) is 1.29. The largest absolute Gasteiger partial charge is 0.299 e. The van der Waals surface area contributed by atoms with Crippen molar-refractivity contribution in [2.24, 2.45) is 13.0 Å². The molecular weight excluding hydrogens is 300 g/mol.